The zero-order chi connectivity index (χ0) is 19.8. The number of rotatable bonds is 7. The van der Waals surface area contributed by atoms with Gasteiger partial charge in [0.15, 0.2) is 11.8 Å². The highest BCUT2D eigenvalue weighted by atomic mass is 35.5. The summed E-state index contributed by atoms with van der Waals surface area (Å²) in [6.45, 7) is -0.896. The fraction of sp³-hybridized carbons (Fsp3) is 0.158. The van der Waals surface area contributed by atoms with E-state index in [-0.39, 0.29) is 5.56 Å². The molecule has 7 nitrogen and oxygen atoms in total. The molecule has 0 heterocycles. The van der Waals surface area contributed by atoms with Crippen LogP contribution in [0.2, 0.25) is 5.02 Å². The van der Waals surface area contributed by atoms with Crippen LogP contribution in [0.25, 0.3) is 0 Å². The van der Waals surface area contributed by atoms with Crippen LogP contribution in [0.5, 0.6) is 0 Å². The number of nitriles is 1. The third-order valence-electron chi connectivity index (χ3n) is 3.71. The Balaban J connectivity index is 2.41. The van der Waals surface area contributed by atoms with Gasteiger partial charge in [0.05, 0.1) is 12.6 Å². The molecule has 0 unspecified atom stereocenters. The van der Waals surface area contributed by atoms with Crippen molar-refractivity contribution < 1.29 is 14.4 Å². The number of carbonyl (C=O) groups excluding carboxylic acids is 3. The molecule has 0 aromatic heterocycles. The number of Topliss-reactive ketones (excluding diaryl/α,β-unsaturated/α-hetero) is 1. The van der Waals surface area contributed by atoms with Gasteiger partial charge in [0, 0.05) is 16.3 Å². The standard InChI is InChI=1S/C19H17ClN4O3/c20-14-8-6-13(7-9-14)18(26)17(24(11-10-21)16(25)12-22)19(27)23-15-4-2-1-3-5-15/h1-9,17H,11-12,22H2,(H,23,27)/t17-/m0/s1. The number of anilines is 1. The molecule has 1 atom stereocenters. The lowest BCUT2D eigenvalue weighted by molar-refractivity contribution is -0.135. The van der Waals surface area contributed by atoms with Gasteiger partial charge in [-0.3, -0.25) is 14.4 Å². The average Bonchev–Trinajstić information content (AvgIpc) is 2.68. The maximum Gasteiger partial charge on any atom is 0.255 e. The quantitative estimate of drug-likeness (QED) is 0.429. The number of ketones is 1. The Morgan fingerprint density at radius 1 is 1.11 bits per heavy atom. The molecule has 8 heteroatoms. The van der Waals surface area contributed by atoms with Crippen molar-refractivity contribution in [2.75, 3.05) is 18.4 Å². The third-order valence-corrected chi connectivity index (χ3v) is 3.97. The van der Waals surface area contributed by atoms with Crippen molar-refractivity contribution in [3.63, 3.8) is 0 Å². The number of para-hydroxylation sites is 1. The van der Waals surface area contributed by atoms with Crippen LogP contribution in [-0.2, 0) is 9.59 Å². The number of hydrogen-bond donors (Lipinski definition) is 2. The molecule has 0 fully saturated rings. The molecule has 2 aromatic carbocycles. The van der Waals surface area contributed by atoms with Crippen molar-refractivity contribution in [3.8, 4) is 6.07 Å². The number of benzene rings is 2. The molecule has 0 aliphatic carbocycles. The lowest BCUT2D eigenvalue weighted by Gasteiger charge is -2.27. The second kappa shape index (κ2) is 9.48. The molecule has 2 aromatic rings. The van der Waals surface area contributed by atoms with Crippen molar-refractivity contribution in [1.29, 1.82) is 5.26 Å². The van der Waals surface area contributed by atoms with Gasteiger partial charge in [-0.15, -0.1) is 0 Å². The van der Waals surface area contributed by atoms with E-state index in [0.717, 1.165) is 4.90 Å². The van der Waals surface area contributed by atoms with Crippen LogP contribution in [-0.4, -0.2) is 41.6 Å². The first-order valence-electron chi connectivity index (χ1n) is 8.00. The minimum absolute atomic E-state index is 0.181. The highest BCUT2D eigenvalue weighted by Gasteiger charge is 2.36. The summed E-state index contributed by atoms with van der Waals surface area (Å²) in [7, 11) is 0. The minimum atomic E-state index is -1.54. The van der Waals surface area contributed by atoms with Gasteiger partial charge in [-0.05, 0) is 36.4 Å². The zero-order valence-electron chi connectivity index (χ0n) is 14.3. The highest BCUT2D eigenvalue weighted by molar-refractivity contribution is 6.30. The van der Waals surface area contributed by atoms with Crippen molar-refractivity contribution >= 4 is 34.9 Å². The van der Waals surface area contributed by atoms with Crippen molar-refractivity contribution in [1.82, 2.24) is 4.90 Å². The van der Waals surface area contributed by atoms with Gasteiger partial charge in [-0.25, -0.2) is 0 Å². The Bertz CT molecular complexity index is 863. The first-order chi connectivity index (χ1) is 13.0. The number of amides is 2. The Hall–Kier alpha value is -3.21. The van der Waals surface area contributed by atoms with Crippen LogP contribution in [0.3, 0.4) is 0 Å². The fourth-order valence-electron chi connectivity index (χ4n) is 2.42. The molecule has 0 spiro atoms. The van der Waals surface area contributed by atoms with E-state index in [1.54, 1.807) is 36.4 Å². The normalized spacial score (nSPS) is 11.1. The molecule has 0 bridgehead atoms. The van der Waals surface area contributed by atoms with Crippen molar-refractivity contribution in [2.24, 2.45) is 5.73 Å². The summed E-state index contributed by atoms with van der Waals surface area (Å²) < 4.78 is 0. The van der Waals surface area contributed by atoms with Crippen LogP contribution in [0.1, 0.15) is 10.4 Å². The lowest BCUT2D eigenvalue weighted by Crippen LogP contribution is -2.53. The van der Waals surface area contributed by atoms with E-state index in [2.05, 4.69) is 5.32 Å². The first kappa shape index (κ1) is 20.1. The van der Waals surface area contributed by atoms with Gasteiger partial charge >= 0.3 is 0 Å². The van der Waals surface area contributed by atoms with E-state index < -0.39 is 36.7 Å². The lowest BCUT2D eigenvalue weighted by atomic mass is 10.0. The van der Waals surface area contributed by atoms with Gasteiger partial charge < -0.3 is 16.0 Å². The SMILES string of the molecule is N#CCN(C(=O)CN)[C@H](C(=O)Nc1ccccc1)C(=O)c1ccc(Cl)cc1. The molecule has 2 amide bonds. The van der Waals surface area contributed by atoms with E-state index in [4.69, 9.17) is 22.6 Å². The number of carbonyl (C=O) groups is 3. The smallest absolute Gasteiger partial charge is 0.255 e. The van der Waals surface area contributed by atoms with Crippen molar-refractivity contribution in [2.45, 2.75) is 6.04 Å². The van der Waals surface area contributed by atoms with Gasteiger partial charge in [0.1, 0.15) is 6.54 Å². The Kier molecular flexibility index (Phi) is 7.06. The monoisotopic (exact) mass is 384 g/mol. The minimum Gasteiger partial charge on any atom is -0.324 e. The third kappa shape index (κ3) is 5.14. The summed E-state index contributed by atoms with van der Waals surface area (Å²) in [4.78, 5) is 38.9. The molecule has 0 aliphatic heterocycles. The molecular formula is C19H17ClN4O3. The van der Waals surface area contributed by atoms with Crippen LogP contribution in [0, 0.1) is 11.3 Å². The van der Waals surface area contributed by atoms with Crippen LogP contribution in [0.15, 0.2) is 54.6 Å². The number of halogens is 1. The molecule has 27 heavy (non-hydrogen) atoms. The summed E-state index contributed by atoms with van der Waals surface area (Å²) in [5, 5.41) is 12.1. The van der Waals surface area contributed by atoms with Crippen LogP contribution < -0.4 is 11.1 Å². The maximum atomic E-state index is 13.0. The van der Waals surface area contributed by atoms with E-state index in [1.165, 1.54) is 24.3 Å². The zero-order valence-corrected chi connectivity index (χ0v) is 15.0. The summed E-state index contributed by atoms with van der Waals surface area (Å²) >= 11 is 5.84. The molecule has 0 saturated heterocycles. The molecule has 3 N–H and O–H groups in total. The summed E-state index contributed by atoms with van der Waals surface area (Å²) in [5.41, 5.74) is 6.02. The van der Waals surface area contributed by atoms with Gasteiger partial charge in [-0.1, -0.05) is 29.8 Å². The molecular weight excluding hydrogens is 368 g/mol. The number of nitrogens with one attached hydrogen (secondary N) is 1. The van der Waals surface area contributed by atoms with E-state index in [1.807, 2.05) is 0 Å². The summed E-state index contributed by atoms with van der Waals surface area (Å²) in [5.74, 6) is -2.07. The van der Waals surface area contributed by atoms with Crippen LogP contribution in [0.4, 0.5) is 5.69 Å². The Labute approximate surface area is 161 Å². The van der Waals surface area contributed by atoms with Crippen molar-refractivity contribution in [3.05, 3.63) is 65.2 Å². The molecule has 2 rings (SSSR count). The molecule has 0 radical (unpaired) electrons. The van der Waals surface area contributed by atoms with Gasteiger partial charge in [-0.2, -0.15) is 5.26 Å². The van der Waals surface area contributed by atoms with E-state index >= 15 is 0 Å². The molecule has 138 valence electrons. The van der Waals surface area contributed by atoms with Gasteiger partial charge in [0.25, 0.3) is 5.91 Å². The summed E-state index contributed by atoms with van der Waals surface area (Å²) in [6, 6.07) is 14.6. The first-order valence-corrected chi connectivity index (χ1v) is 8.38. The fourth-order valence-corrected chi connectivity index (χ4v) is 2.55. The predicted molar refractivity (Wildman–Crippen MR) is 101 cm³/mol. The number of hydrogen-bond acceptors (Lipinski definition) is 5. The van der Waals surface area contributed by atoms with E-state index in [0.29, 0.717) is 10.7 Å². The molecule has 0 saturated carbocycles. The largest absolute Gasteiger partial charge is 0.324 e. The average molecular weight is 385 g/mol. The summed E-state index contributed by atoms with van der Waals surface area (Å²) in [6.07, 6.45) is 0. The Morgan fingerprint density at radius 3 is 2.30 bits per heavy atom. The second-order valence-corrected chi connectivity index (χ2v) is 5.95. The maximum absolute atomic E-state index is 13.0. The highest BCUT2D eigenvalue weighted by Crippen LogP contribution is 2.16. The topological polar surface area (TPSA) is 116 Å². The molecule has 0 aliphatic rings. The van der Waals surface area contributed by atoms with Gasteiger partial charge in [0.2, 0.25) is 5.91 Å². The number of nitrogens with zero attached hydrogens (tertiary/aromatic N) is 2. The number of nitrogens with two attached hydrogens (primary N) is 1. The second-order valence-electron chi connectivity index (χ2n) is 5.51. The van der Waals surface area contributed by atoms with Crippen LogP contribution >= 0.6 is 11.6 Å². The predicted octanol–water partition coefficient (Wildman–Crippen LogP) is 1.84. The Morgan fingerprint density at radius 2 is 1.74 bits per heavy atom. The van der Waals surface area contributed by atoms with E-state index in [9.17, 15) is 14.4 Å².